The van der Waals surface area contributed by atoms with Crippen LogP contribution in [-0.2, 0) is 19.6 Å². The van der Waals surface area contributed by atoms with Gasteiger partial charge in [-0.3, -0.25) is 4.90 Å². The summed E-state index contributed by atoms with van der Waals surface area (Å²) in [7, 11) is 3.93. The Labute approximate surface area is 118 Å². The Morgan fingerprint density at radius 3 is 2.89 bits per heavy atom. The van der Waals surface area contributed by atoms with Crippen molar-refractivity contribution in [2.75, 3.05) is 14.1 Å². The number of benzene rings is 1. The molecule has 2 rings (SSSR count). The largest absolute Gasteiger partial charge is 0.360 e. The fraction of sp³-hybridized carbons (Fsp3) is 0.357. The molecule has 1 aromatic heterocycles. The summed E-state index contributed by atoms with van der Waals surface area (Å²) in [6.07, 6.45) is 0. The molecule has 0 spiro atoms. The van der Waals surface area contributed by atoms with Gasteiger partial charge in [-0.05, 0) is 31.8 Å². The third-order valence-corrected chi connectivity index (χ3v) is 2.97. The topological polar surface area (TPSA) is 41.3 Å². The van der Waals surface area contributed by atoms with Crippen molar-refractivity contribution in [1.82, 2.24) is 15.4 Å². The second-order valence-corrected chi connectivity index (χ2v) is 5.05. The Hall–Kier alpha value is -1.36. The highest BCUT2D eigenvalue weighted by Gasteiger charge is 2.07. The summed E-state index contributed by atoms with van der Waals surface area (Å²) in [6, 6.07) is 9.86. The number of halogens is 1. The molecule has 0 radical (unpaired) electrons. The van der Waals surface area contributed by atoms with Crippen molar-refractivity contribution < 1.29 is 4.52 Å². The summed E-state index contributed by atoms with van der Waals surface area (Å²) in [4.78, 5) is 2.16. The quantitative estimate of drug-likeness (QED) is 0.883. The van der Waals surface area contributed by atoms with Crippen molar-refractivity contribution in [3.63, 3.8) is 0 Å². The predicted octanol–water partition coefficient (Wildman–Crippen LogP) is 2.68. The fourth-order valence-corrected chi connectivity index (χ4v) is 2.18. The normalized spacial score (nSPS) is 11.2. The summed E-state index contributed by atoms with van der Waals surface area (Å²) < 4.78 is 5.29. The van der Waals surface area contributed by atoms with E-state index in [1.165, 1.54) is 5.56 Å². The standard InChI is InChI=1S/C14H18ClN3O/c1-16-8-13-7-14(19-17-13)10-18(2)9-11-4-3-5-12(15)6-11/h3-7,16H,8-10H2,1-2H3. The SMILES string of the molecule is CNCc1cc(CN(C)Cc2cccc(Cl)c2)on1. The average molecular weight is 280 g/mol. The van der Waals surface area contributed by atoms with Crippen LogP contribution in [0, 0.1) is 0 Å². The minimum Gasteiger partial charge on any atom is -0.360 e. The van der Waals surface area contributed by atoms with Crippen molar-refractivity contribution in [2.24, 2.45) is 0 Å². The summed E-state index contributed by atoms with van der Waals surface area (Å²) >= 11 is 5.97. The van der Waals surface area contributed by atoms with E-state index in [1.807, 2.05) is 38.4 Å². The predicted molar refractivity (Wildman–Crippen MR) is 75.9 cm³/mol. The van der Waals surface area contributed by atoms with Crippen molar-refractivity contribution in [2.45, 2.75) is 19.6 Å². The monoisotopic (exact) mass is 279 g/mol. The molecule has 4 nitrogen and oxygen atoms in total. The van der Waals surface area contributed by atoms with Crippen molar-refractivity contribution in [1.29, 1.82) is 0 Å². The molecule has 0 bridgehead atoms. The van der Waals surface area contributed by atoms with E-state index in [4.69, 9.17) is 16.1 Å². The van der Waals surface area contributed by atoms with Gasteiger partial charge in [-0.25, -0.2) is 0 Å². The number of hydrogen-bond donors (Lipinski definition) is 1. The maximum atomic E-state index is 5.97. The first-order valence-electron chi connectivity index (χ1n) is 6.19. The smallest absolute Gasteiger partial charge is 0.151 e. The Morgan fingerprint density at radius 1 is 1.32 bits per heavy atom. The molecule has 1 heterocycles. The minimum absolute atomic E-state index is 0.724. The fourth-order valence-electron chi connectivity index (χ4n) is 1.96. The molecule has 5 heteroatoms. The van der Waals surface area contributed by atoms with Crippen LogP contribution in [0.15, 0.2) is 34.9 Å². The maximum Gasteiger partial charge on any atom is 0.151 e. The van der Waals surface area contributed by atoms with Gasteiger partial charge in [0.1, 0.15) is 0 Å². The zero-order valence-corrected chi connectivity index (χ0v) is 11.9. The van der Waals surface area contributed by atoms with Gasteiger partial charge in [-0.2, -0.15) is 0 Å². The number of hydrogen-bond acceptors (Lipinski definition) is 4. The third-order valence-electron chi connectivity index (χ3n) is 2.73. The number of aromatic nitrogens is 1. The van der Waals surface area contributed by atoms with Crippen LogP contribution in [0.25, 0.3) is 0 Å². The van der Waals surface area contributed by atoms with E-state index in [-0.39, 0.29) is 0 Å². The highest BCUT2D eigenvalue weighted by Crippen LogP contribution is 2.14. The number of nitrogens with zero attached hydrogens (tertiary/aromatic N) is 2. The van der Waals surface area contributed by atoms with Gasteiger partial charge in [-0.15, -0.1) is 0 Å². The number of rotatable bonds is 6. The van der Waals surface area contributed by atoms with Crippen LogP contribution in [-0.4, -0.2) is 24.2 Å². The van der Waals surface area contributed by atoms with E-state index in [0.717, 1.165) is 36.1 Å². The van der Waals surface area contributed by atoms with E-state index in [9.17, 15) is 0 Å². The van der Waals surface area contributed by atoms with Gasteiger partial charge in [0.25, 0.3) is 0 Å². The van der Waals surface area contributed by atoms with E-state index < -0.39 is 0 Å². The molecule has 2 aromatic rings. The first-order chi connectivity index (χ1) is 9.17. The Bertz CT molecular complexity index is 527. The van der Waals surface area contributed by atoms with Crippen LogP contribution in [0.5, 0.6) is 0 Å². The zero-order chi connectivity index (χ0) is 13.7. The molecule has 0 saturated carbocycles. The van der Waals surface area contributed by atoms with Gasteiger partial charge in [-0.1, -0.05) is 28.9 Å². The van der Waals surface area contributed by atoms with Crippen molar-refractivity contribution in [3.8, 4) is 0 Å². The molecule has 19 heavy (non-hydrogen) atoms. The highest BCUT2D eigenvalue weighted by molar-refractivity contribution is 6.30. The van der Waals surface area contributed by atoms with E-state index in [1.54, 1.807) is 0 Å². The van der Waals surface area contributed by atoms with Crippen LogP contribution >= 0.6 is 11.6 Å². The molecule has 0 aliphatic rings. The van der Waals surface area contributed by atoms with Gasteiger partial charge in [0.15, 0.2) is 5.76 Å². The van der Waals surface area contributed by atoms with Crippen LogP contribution in [0.4, 0.5) is 0 Å². The molecule has 0 saturated heterocycles. The molecule has 0 fully saturated rings. The zero-order valence-electron chi connectivity index (χ0n) is 11.2. The van der Waals surface area contributed by atoms with Crippen molar-refractivity contribution >= 4 is 11.6 Å². The summed E-state index contributed by atoms with van der Waals surface area (Å²) in [5.74, 6) is 0.870. The molecule has 0 aliphatic heterocycles. The summed E-state index contributed by atoms with van der Waals surface area (Å²) in [5, 5.41) is 7.81. The van der Waals surface area contributed by atoms with E-state index in [0.29, 0.717) is 0 Å². The average Bonchev–Trinajstić information content (AvgIpc) is 2.77. The second kappa shape index (κ2) is 6.70. The molecular formula is C14H18ClN3O. The Balaban J connectivity index is 1.91. The van der Waals surface area contributed by atoms with Crippen molar-refractivity contribution in [3.05, 3.63) is 52.4 Å². The molecule has 0 amide bonds. The molecule has 0 atom stereocenters. The van der Waals surface area contributed by atoms with Gasteiger partial charge in [0, 0.05) is 24.2 Å². The van der Waals surface area contributed by atoms with Gasteiger partial charge >= 0.3 is 0 Å². The van der Waals surface area contributed by atoms with Crippen LogP contribution < -0.4 is 5.32 Å². The Morgan fingerprint density at radius 2 is 2.16 bits per heavy atom. The lowest BCUT2D eigenvalue weighted by atomic mass is 10.2. The first kappa shape index (κ1) is 14.1. The molecule has 102 valence electrons. The van der Waals surface area contributed by atoms with Gasteiger partial charge in [0.05, 0.1) is 12.2 Å². The molecule has 1 N–H and O–H groups in total. The van der Waals surface area contributed by atoms with E-state index >= 15 is 0 Å². The summed E-state index contributed by atoms with van der Waals surface area (Å²) in [5.41, 5.74) is 2.11. The highest BCUT2D eigenvalue weighted by atomic mass is 35.5. The minimum atomic E-state index is 0.724. The van der Waals surface area contributed by atoms with Crippen LogP contribution in [0.2, 0.25) is 5.02 Å². The molecule has 1 aromatic carbocycles. The van der Waals surface area contributed by atoms with Gasteiger partial charge < -0.3 is 9.84 Å². The third kappa shape index (κ3) is 4.35. The second-order valence-electron chi connectivity index (χ2n) is 4.62. The lowest BCUT2D eigenvalue weighted by Crippen LogP contribution is -2.16. The molecular weight excluding hydrogens is 262 g/mol. The Kier molecular flexibility index (Phi) is 4.96. The first-order valence-corrected chi connectivity index (χ1v) is 6.57. The van der Waals surface area contributed by atoms with Crippen LogP contribution in [0.1, 0.15) is 17.0 Å². The van der Waals surface area contributed by atoms with E-state index in [2.05, 4.69) is 21.4 Å². The molecule has 0 unspecified atom stereocenters. The molecule has 0 aliphatic carbocycles. The lowest BCUT2D eigenvalue weighted by Gasteiger charge is -2.14. The maximum absolute atomic E-state index is 5.97. The summed E-state index contributed by atoms with van der Waals surface area (Å²) in [6.45, 7) is 2.27. The lowest BCUT2D eigenvalue weighted by molar-refractivity contribution is 0.265. The number of nitrogens with one attached hydrogen (secondary N) is 1. The van der Waals surface area contributed by atoms with Crippen LogP contribution in [0.3, 0.4) is 0 Å². The van der Waals surface area contributed by atoms with Gasteiger partial charge in [0.2, 0.25) is 0 Å².